The number of imide groups is 1. The largest absolute Gasteiger partial charge is 0.454 e. The van der Waals surface area contributed by atoms with E-state index in [-0.39, 0.29) is 5.69 Å². The zero-order valence-corrected chi connectivity index (χ0v) is 14.8. The molecule has 4 rings (SSSR count). The van der Waals surface area contributed by atoms with E-state index in [1.165, 1.54) is 6.07 Å². The van der Waals surface area contributed by atoms with Gasteiger partial charge in [-0.25, -0.2) is 4.90 Å². The van der Waals surface area contributed by atoms with Crippen molar-refractivity contribution in [3.63, 3.8) is 0 Å². The molecular weight excluding hydrogens is 373 g/mol. The highest BCUT2D eigenvalue weighted by Crippen LogP contribution is 2.40. The second-order valence-electron chi connectivity index (χ2n) is 5.64. The topological polar surface area (TPSA) is 46.6 Å². The van der Waals surface area contributed by atoms with Crippen LogP contribution >= 0.6 is 23.2 Å². The zero-order chi connectivity index (χ0) is 18.3. The molecule has 0 saturated heterocycles. The molecule has 2 amide bonds. The molecule has 0 fully saturated rings. The van der Waals surface area contributed by atoms with E-state index in [0.29, 0.717) is 32.7 Å². The highest BCUT2D eigenvalue weighted by Gasteiger charge is 2.38. The number of carbonyl (C=O) groups is 2. The Bertz CT molecular complexity index is 1010. The summed E-state index contributed by atoms with van der Waals surface area (Å²) in [7, 11) is 0. The van der Waals surface area contributed by atoms with Crippen molar-refractivity contribution in [2.24, 2.45) is 0 Å². The van der Waals surface area contributed by atoms with Gasteiger partial charge in [0, 0.05) is 5.02 Å². The highest BCUT2D eigenvalue weighted by atomic mass is 35.5. The predicted molar refractivity (Wildman–Crippen MR) is 101 cm³/mol. The van der Waals surface area contributed by atoms with Gasteiger partial charge in [0.05, 0.1) is 21.8 Å². The maximum Gasteiger partial charge on any atom is 0.266 e. The van der Waals surface area contributed by atoms with Crippen LogP contribution < -0.4 is 9.64 Å². The molecule has 0 aliphatic carbocycles. The van der Waals surface area contributed by atoms with Crippen LogP contribution in [0.4, 0.5) is 5.69 Å². The van der Waals surface area contributed by atoms with Crippen LogP contribution in [0, 0.1) is 0 Å². The third-order valence-electron chi connectivity index (χ3n) is 4.01. The predicted octanol–water partition coefficient (Wildman–Crippen LogP) is 5.59. The number of nitrogens with zero attached hydrogens (tertiary/aromatic N) is 1. The van der Waals surface area contributed by atoms with Crippen LogP contribution in [-0.2, 0) is 0 Å². The summed E-state index contributed by atoms with van der Waals surface area (Å²) in [6.45, 7) is 0. The number of hydrogen-bond acceptors (Lipinski definition) is 3. The summed E-state index contributed by atoms with van der Waals surface area (Å²) in [6.07, 6.45) is 0. The molecule has 0 saturated carbocycles. The van der Waals surface area contributed by atoms with E-state index >= 15 is 0 Å². The van der Waals surface area contributed by atoms with Crippen LogP contribution in [0.15, 0.2) is 66.7 Å². The van der Waals surface area contributed by atoms with E-state index in [2.05, 4.69) is 0 Å². The third-order valence-corrected chi connectivity index (χ3v) is 4.56. The van der Waals surface area contributed by atoms with Gasteiger partial charge >= 0.3 is 0 Å². The van der Waals surface area contributed by atoms with E-state index in [1.54, 1.807) is 60.7 Å². The molecule has 1 aliphatic rings. The maximum atomic E-state index is 12.8. The number of anilines is 1. The Kier molecular flexibility index (Phi) is 4.15. The summed E-state index contributed by atoms with van der Waals surface area (Å²) in [6, 6.07) is 18.4. The van der Waals surface area contributed by atoms with Crippen LogP contribution in [0.1, 0.15) is 20.7 Å². The number of carbonyl (C=O) groups excluding carboxylic acids is 2. The molecule has 0 atom stereocenters. The van der Waals surface area contributed by atoms with Crippen LogP contribution in [-0.4, -0.2) is 11.8 Å². The Labute approximate surface area is 159 Å². The molecule has 0 unspecified atom stereocenters. The van der Waals surface area contributed by atoms with E-state index in [0.717, 1.165) is 4.90 Å². The Morgan fingerprint density at radius 1 is 0.731 bits per heavy atom. The van der Waals surface area contributed by atoms with E-state index in [9.17, 15) is 9.59 Å². The molecule has 0 aromatic heterocycles. The summed E-state index contributed by atoms with van der Waals surface area (Å²) in [4.78, 5) is 26.6. The summed E-state index contributed by atoms with van der Waals surface area (Å²) in [5, 5.41) is 0.791. The van der Waals surface area contributed by atoms with Gasteiger partial charge in [0.25, 0.3) is 11.8 Å². The summed E-state index contributed by atoms with van der Waals surface area (Å²) < 4.78 is 5.87. The molecule has 0 N–H and O–H groups in total. The summed E-state index contributed by atoms with van der Waals surface area (Å²) >= 11 is 12.3. The van der Waals surface area contributed by atoms with E-state index in [4.69, 9.17) is 27.9 Å². The van der Waals surface area contributed by atoms with Gasteiger partial charge in [0.15, 0.2) is 5.75 Å². The molecule has 4 nitrogen and oxygen atoms in total. The highest BCUT2D eigenvalue weighted by molar-refractivity contribution is 6.36. The van der Waals surface area contributed by atoms with Crippen molar-refractivity contribution >= 4 is 40.7 Å². The zero-order valence-electron chi connectivity index (χ0n) is 13.3. The quantitative estimate of drug-likeness (QED) is 0.554. The molecule has 6 heteroatoms. The van der Waals surface area contributed by atoms with Gasteiger partial charge in [0.1, 0.15) is 5.75 Å². The molecule has 0 bridgehead atoms. The number of hydrogen-bond donors (Lipinski definition) is 0. The Morgan fingerprint density at radius 2 is 1.35 bits per heavy atom. The van der Waals surface area contributed by atoms with Crippen LogP contribution in [0.5, 0.6) is 11.5 Å². The Balaban J connectivity index is 1.80. The maximum absolute atomic E-state index is 12.8. The lowest BCUT2D eigenvalue weighted by molar-refractivity contribution is 0.0925. The van der Waals surface area contributed by atoms with E-state index in [1.807, 2.05) is 0 Å². The molecular formula is C20H11Cl2NO3. The number of rotatable bonds is 3. The van der Waals surface area contributed by atoms with Gasteiger partial charge in [-0.15, -0.1) is 0 Å². The molecule has 0 radical (unpaired) electrons. The summed E-state index contributed by atoms with van der Waals surface area (Å²) in [5.41, 5.74) is 0.964. The molecule has 1 heterocycles. The van der Waals surface area contributed by atoms with Crippen LogP contribution in [0.3, 0.4) is 0 Å². The monoisotopic (exact) mass is 383 g/mol. The van der Waals surface area contributed by atoms with Crippen molar-refractivity contribution < 1.29 is 14.3 Å². The third kappa shape index (κ3) is 2.73. The van der Waals surface area contributed by atoms with E-state index < -0.39 is 11.8 Å². The number of para-hydroxylation sites is 1. The lowest BCUT2D eigenvalue weighted by atomic mass is 10.1. The molecule has 26 heavy (non-hydrogen) atoms. The SMILES string of the molecule is O=C1c2ccccc2C(=O)N1c1cc(Cl)ccc1Oc1ccccc1Cl. The van der Waals surface area contributed by atoms with Gasteiger partial charge in [-0.2, -0.15) is 0 Å². The lowest BCUT2D eigenvalue weighted by Crippen LogP contribution is -2.29. The number of ether oxygens (including phenoxy) is 1. The second kappa shape index (κ2) is 6.48. The first-order chi connectivity index (χ1) is 12.6. The fraction of sp³-hybridized carbons (Fsp3) is 0. The average Bonchev–Trinajstić information content (AvgIpc) is 2.90. The van der Waals surface area contributed by atoms with Gasteiger partial charge in [0.2, 0.25) is 0 Å². The molecule has 1 aliphatic heterocycles. The van der Waals surface area contributed by atoms with Crippen LogP contribution in [0.2, 0.25) is 10.0 Å². The number of halogens is 2. The molecule has 3 aromatic carbocycles. The first-order valence-electron chi connectivity index (χ1n) is 7.76. The first-order valence-corrected chi connectivity index (χ1v) is 8.51. The Morgan fingerprint density at radius 3 is 2.00 bits per heavy atom. The van der Waals surface area contributed by atoms with Crippen molar-refractivity contribution in [1.82, 2.24) is 0 Å². The standard InChI is InChI=1S/C20H11Cl2NO3/c21-12-9-10-18(26-17-8-4-3-7-15(17)22)16(11-12)23-19(24)13-5-1-2-6-14(13)20(23)25/h1-11H. The van der Waals surface area contributed by atoms with Gasteiger partial charge in [-0.05, 0) is 42.5 Å². The fourth-order valence-corrected chi connectivity index (χ4v) is 3.15. The average molecular weight is 384 g/mol. The van der Waals surface area contributed by atoms with Crippen molar-refractivity contribution in [1.29, 1.82) is 0 Å². The van der Waals surface area contributed by atoms with Gasteiger partial charge in [-0.3, -0.25) is 9.59 Å². The minimum absolute atomic E-state index is 0.267. The van der Waals surface area contributed by atoms with Crippen molar-refractivity contribution in [3.05, 3.63) is 87.9 Å². The summed E-state index contributed by atoms with van der Waals surface area (Å²) in [5.74, 6) is -0.125. The fourth-order valence-electron chi connectivity index (χ4n) is 2.81. The van der Waals surface area contributed by atoms with Crippen molar-refractivity contribution in [2.45, 2.75) is 0 Å². The molecule has 3 aromatic rings. The second-order valence-corrected chi connectivity index (χ2v) is 6.48. The van der Waals surface area contributed by atoms with Crippen LogP contribution in [0.25, 0.3) is 0 Å². The smallest absolute Gasteiger partial charge is 0.266 e. The minimum Gasteiger partial charge on any atom is -0.454 e. The normalized spacial score (nSPS) is 13.1. The first kappa shape index (κ1) is 16.6. The Hall–Kier alpha value is -2.82. The molecule has 0 spiro atoms. The number of fused-ring (bicyclic) bond motifs is 1. The van der Waals surface area contributed by atoms with Gasteiger partial charge in [-0.1, -0.05) is 47.5 Å². The molecule has 128 valence electrons. The minimum atomic E-state index is -0.420. The van der Waals surface area contributed by atoms with Crippen molar-refractivity contribution in [2.75, 3.05) is 4.90 Å². The van der Waals surface area contributed by atoms with Crippen molar-refractivity contribution in [3.8, 4) is 11.5 Å². The van der Waals surface area contributed by atoms with Gasteiger partial charge < -0.3 is 4.74 Å². The number of amides is 2. The number of benzene rings is 3. The lowest BCUT2D eigenvalue weighted by Gasteiger charge is -2.19.